The van der Waals surface area contributed by atoms with E-state index in [1.165, 1.54) is 16.6 Å². The first-order valence-electron chi connectivity index (χ1n) is 5.09. The Morgan fingerprint density at radius 1 is 1.36 bits per heavy atom. The van der Waals surface area contributed by atoms with E-state index in [-0.39, 0.29) is 6.61 Å². The van der Waals surface area contributed by atoms with Gasteiger partial charge in [-0.05, 0) is 23.9 Å². The fourth-order valence-corrected chi connectivity index (χ4v) is 2.44. The van der Waals surface area contributed by atoms with Gasteiger partial charge in [-0.1, -0.05) is 18.2 Å². The van der Waals surface area contributed by atoms with Crippen LogP contribution in [0.4, 0.5) is 0 Å². The maximum absolute atomic E-state index is 9.22. The van der Waals surface area contributed by atoms with Gasteiger partial charge < -0.3 is 9.67 Å². The van der Waals surface area contributed by atoms with Crippen molar-refractivity contribution in [2.24, 2.45) is 0 Å². The van der Waals surface area contributed by atoms with Crippen molar-refractivity contribution in [1.29, 1.82) is 0 Å². The van der Waals surface area contributed by atoms with Crippen LogP contribution in [0.15, 0.2) is 30.3 Å². The van der Waals surface area contributed by atoms with Gasteiger partial charge in [0.25, 0.3) is 0 Å². The van der Waals surface area contributed by atoms with Crippen LogP contribution in [0, 0.1) is 0 Å². The molecular weight excluding hydrogens is 174 g/mol. The number of fused-ring (bicyclic) bond motifs is 3. The molecule has 2 heteroatoms. The van der Waals surface area contributed by atoms with Gasteiger partial charge in [0.05, 0.1) is 6.61 Å². The topological polar surface area (TPSA) is 25.2 Å². The van der Waals surface area contributed by atoms with Gasteiger partial charge >= 0.3 is 0 Å². The van der Waals surface area contributed by atoms with Crippen molar-refractivity contribution in [3.63, 3.8) is 0 Å². The number of aliphatic hydroxyl groups is 1. The summed E-state index contributed by atoms with van der Waals surface area (Å²) in [6.45, 7) is 1.32. The van der Waals surface area contributed by atoms with E-state index in [2.05, 4.69) is 34.9 Å². The number of aliphatic hydroxyl groups excluding tert-OH is 1. The molecule has 0 amide bonds. The van der Waals surface area contributed by atoms with E-state index in [0.29, 0.717) is 5.92 Å². The molecule has 1 aliphatic rings. The molecule has 1 unspecified atom stereocenters. The third-order valence-corrected chi connectivity index (χ3v) is 3.18. The summed E-state index contributed by atoms with van der Waals surface area (Å²) in [5.74, 6) is 0.349. The van der Waals surface area contributed by atoms with E-state index in [9.17, 15) is 5.11 Å². The summed E-state index contributed by atoms with van der Waals surface area (Å²) < 4.78 is 2.33. The summed E-state index contributed by atoms with van der Waals surface area (Å²) in [6, 6.07) is 10.6. The lowest BCUT2D eigenvalue weighted by molar-refractivity contribution is 0.265. The van der Waals surface area contributed by atoms with Crippen molar-refractivity contribution >= 4 is 10.9 Å². The second-order valence-electron chi connectivity index (χ2n) is 3.95. The average Bonchev–Trinajstić information content (AvgIpc) is 2.75. The Balaban J connectivity index is 2.26. The van der Waals surface area contributed by atoms with E-state index in [1.807, 2.05) is 0 Å². The summed E-state index contributed by atoms with van der Waals surface area (Å²) >= 11 is 0. The molecule has 1 aromatic heterocycles. The molecule has 1 aromatic carbocycles. The predicted molar refractivity (Wildman–Crippen MR) is 56.4 cm³/mol. The van der Waals surface area contributed by atoms with Crippen LogP contribution in [0.1, 0.15) is 18.0 Å². The monoisotopic (exact) mass is 187 g/mol. The molecule has 2 aromatic rings. The van der Waals surface area contributed by atoms with Crippen LogP contribution in [0.3, 0.4) is 0 Å². The molecule has 0 fully saturated rings. The summed E-state index contributed by atoms with van der Waals surface area (Å²) in [6.07, 6.45) is 1.08. The Hall–Kier alpha value is -1.28. The van der Waals surface area contributed by atoms with Crippen molar-refractivity contribution in [3.05, 3.63) is 36.0 Å². The number of aromatic nitrogens is 1. The highest BCUT2D eigenvalue weighted by Gasteiger charge is 2.23. The highest BCUT2D eigenvalue weighted by Crippen LogP contribution is 2.33. The molecule has 2 heterocycles. The molecule has 0 bridgehead atoms. The fourth-order valence-electron chi connectivity index (χ4n) is 2.44. The van der Waals surface area contributed by atoms with Gasteiger partial charge in [0.2, 0.25) is 0 Å². The van der Waals surface area contributed by atoms with Gasteiger partial charge in [-0.3, -0.25) is 0 Å². The van der Waals surface area contributed by atoms with Crippen molar-refractivity contribution in [3.8, 4) is 0 Å². The molecule has 3 rings (SSSR count). The number of rotatable bonds is 1. The molecule has 72 valence electrons. The Labute approximate surface area is 82.8 Å². The average molecular weight is 187 g/mol. The number of para-hydroxylation sites is 1. The minimum Gasteiger partial charge on any atom is -0.396 e. The first kappa shape index (κ1) is 8.06. The minimum atomic E-state index is 0.274. The number of benzene rings is 1. The molecule has 2 nitrogen and oxygen atoms in total. The normalized spacial score (nSPS) is 20.2. The van der Waals surface area contributed by atoms with Crippen molar-refractivity contribution in [2.45, 2.75) is 18.9 Å². The molecule has 0 spiro atoms. The van der Waals surface area contributed by atoms with Gasteiger partial charge in [0.15, 0.2) is 0 Å². The van der Waals surface area contributed by atoms with Gasteiger partial charge in [0, 0.05) is 23.7 Å². The summed E-state index contributed by atoms with van der Waals surface area (Å²) in [5, 5.41) is 10.5. The van der Waals surface area contributed by atoms with Crippen molar-refractivity contribution in [1.82, 2.24) is 4.57 Å². The summed E-state index contributed by atoms with van der Waals surface area (Å²) in [7, 11) is 0. The molecule has 1 atom stereocenters. The van der Waals surface area contributed by atoms with Crippen molar-refractivity contribution in [2.75, 3.05) is 6.61 Å². The molecule has 1 aliphatic heterocycles. The number of nitrogens with zero attached hydrogens (tertiary/aromatic N) is 1. The fraction of sp³-hybridized carbons (Fsp3) is 0.333. The Kier molecular flexibility index (Phi) is 1.64. The van der Waals surface area contributed by atoms with Crippen LogP contribution < -0.4 is 0 Å². The second-order valence-corrected chi connectivity index (χ2v) is 3.95. The minimum absolute atomic E-state index is 0.274. The predicted octanol–water partition coefficient (Wildman–Crippen LogP) is 2.12. The molecule has 1 N–H and O–H groups in total. The largest absolute Gasteiger partial charge is 0.396 e. The molecule has 0 aliphatic carbocycles. The molecular formula is C12H13NO. The maximum Gasteiger partial charge on any atom is 0.0514 e. The van der Waals surface area contributed by atoms with Crippen LogP contribution >= 0.6 is 0 Å². The maximum atomic E-state index is 9.22. The van der Waals surface area contributed by atoms with Crippen LogP contribution in [0.25, 0.3) is 10.9 Å². The second kappa shape index (κ2) is 2.85. The van der Waals surface area contributed by atoms with Crippen LogP contribution in [-0.2, 0) is 6.54 Å². The standard InChI is InChI=1S/C12H13NO/c14-8-10-5-6-13-11-4-2-1-3-9(11)7-12(10)13/h1-4,7,10,14H,5-6,8H2. The molecule has 14 heavy (non-hydrogen) atoms. The first-order chi connectivity index (χ1) is 6.90. The quantitative estimate of drug-likeness (QED) is 0.726. The zero-order chi connectivity index (χ0) is 9.54. The van der Waals surface area contributed by atoms with Gasteiger partial charge in [-0.15, -0.1) is 0 Å². The SMILES string of the molecule is OCC1CCn2c1cc1ccccc12. The summed E-state index contributed by atoms with van der Waals surface area (Å²) in [5.41, 5.74) is 2.60. The Bertz CT molecular complexity index is 472. The highest BCUT2D eigenvalue weighted by atomic mass is 16.3. The van der Waals surface area contributed by atoms with Gasteiger partial charge in [0.1, 0.15) is 0 Å². The van der Waals surface area contributed by atoms with Crippen molar-refractivity contribution < 1.29 is 5.11 Å². The zero-order valence-electron chi connectivity index (χ0n) is 7.98. The molecule has 0 saturated carbocycles. The van der Waals surface area contributed by atoms with Crippen LogP contribution in [0.2, 0.25) is 0 Å². The van der Waals surface area contributed by atoms with E-state index < -0.39 is 0 Å². The Morgan fingerprint density at radius 2 is 2.21 bits per heavy atom. The smallest absolute Gasteiger partial charge is 0.0514 e. The van der Waals surface area contributed by atoms with E-state index in [1.54, 1.807) is 0 Å². The number of hydrogen-bond donors (Lipinski definition) is 1. The van der Waals surface area contributed by atoms with E-state index in [4.69, 9.17) is 0 Å². The molecule has 0 radical (unpaired) electrons. The van der Waals surface area contributed by atoms with Gasteiger partial charge in [-0.25, -0.2) is 0 Å². The lowest BCUT2D eigenvalue weighted by Crippen LogP contribution is -1.98. The number of aryl methyl sites for hydroxylation is 1. The first-order valence-corrected chi connectivity index (χ1v) is 5.09. The van der Waals surface area contributed by atoms with E-state index in [0.717, 1.165) is 13.0 Å². The third kappa shape index (κ3) is 0.946. The third-order valence-electron chi connectivity index (χ3n) is 3.18. The summed E-state index contributed by atoms with van der Waals surface area (Å²) in [4.78, 5) is 0. The van der Waals surface area contributed by atoms with Gasteiger partial charge in [-0.2, -0.15) is 0 Å². The zero-order valence-corrected chi connectivity index (χ0v) is 7.98. The lowest BCUT2D eigenvalue weighted by Gasteiger charge is -2.02. The van der Waals surface area contributed by atoms with E-state index >= 15 is 0 Å². The number of hydrogen-bond acceptors (Lipinski definition) is 1. The lowest BCUT2D eigenvalue weighted by atomic mass is 10.1. The van der Waals surface area contributed by atoms with Crippen LogP contribution in [0.5, 0.6) is 0 Å². The Morgan fingerprint density at radius 3 is 3.07 bits per heavy atom. The van der Waals surface area contributed by atoms with Crippen LogP contribution in [-0.4, -0.2) is 16.3 Å². The highest BCUT2D eigenvalue weighted by molar-refractivity contribution is 5.81. The molecule has 0 saturated heterocycles.